The van der Waals surface area contributed by atoms with E-state index in [0.717, 1.165) is 0 Å². The smallest absolute Gasteiger partial charge is 0.189 e. The number of amides is 1. The van der Waals surface area contributed by atoms with Crippen molar-refractivity contribution < 1.29 is 4.79 Å². The molecule has 2 N–H and O–H groups in total. The molecule has 0 aromatic carbocycles. The Bertz CT molecular complexity index is 160. The molecule has 4 heteroatoms. The Morgan fingerprint density at radius 2 is 1.55 bits per heavy atom. The fourth-order valence-electron chi connectivity index (χ4n) is 1.15. The minimum atomic E-state index is -1.84. The van der Waals surface area contributed by atoms with Gasteiger partial charge in [-0.25, -0.2) is 0 Å². The summed E-state index contributed by atoms with van der Waals surface area (Å²) in [5.74, 6) is 0. The second-order valence-corrected chi connectivity index (χ2v) is 14.4. The number of hydrogen-bond acceptors (Lipinski definition) is 1. The van der Waals surface area contributed by atoms with E-state index in [0.29, 0.717) is 0 Å². The number of carbonyl (C=O) groups excluding carboxylic acids is 1. The highest BCUT2D eigenvalue weighted by atomic mass is 28.4. The molecule has 0 aliphatic rings. The predicted molar refractivity (Wildman–Crippen MR) is 54.7 cm³/mol. The van der Waals surface area contributed by atoms with Crippen LogP contribution >= 0.6 is 0 Å². The predicted octanol–water partition coefficient (Wildman–Crippen LogP) is 1.98. The van der Waals surface area contributed by atoms with Crippen molar-refractivity contribution in [1.82, 2.24) is 0 Å². The molecule has 2 nitrogen and oxygen atoms in total. The van der Waals surface area contributed by atoms with E-state index in [-0.39, 0.29) is 5.53 Å². The van der Waals surface area contributed by atoms with Gasteiger partial charge < -0.3 is 5.73 Å². The highest BCUT2D eigenvalue weighted by Gasteiger charge is 2.34. The van der Waals surface area contributed by atoms with Crippen molar-refractivity contribution in [3.8, 4) is 0 Å². The fraction of sp³-hybridized carbons (Fsp3) is 0.714. The van der Waals surface area contributed by atoms with Gasteiger partial charge in [0.05, 0.1) is 0 Å². The molecule has 0 aliphatic heterocycles. The van der Waals surface area contributed by atoms with Crippen LogP contribution in [0.3, 0.4) is 0 Å². The normalized spacial score (nSPS) is 13.2. The van der Waals surface area contributed by atoms with Gasteiger partial charge in [-0.1, -0.05) is 32.7 Å². The van der Waals surface area contributed by atoms with Gasteiger partial charge in [0, 0.05) is 8.07 Å². The molecule has 65 valence electrons. The Kier molecular flexibility index (Phi) is 3.08. The van der Waals surface area contributed by atoms with Gasteiger partial charge >= 0.3 is 0 Å². The van der Waals surface area contributed by atoms with Crippen LogP contribution in [0.25, 0.3) is 0 Å². The number of rotatable bonds is 3. The third-order valence-corrected chi connectivity index (χ3v) is 9.05. The van der Waals surface area contributed by atoms with E-state index in [1.165, 1.54) is 0 Å². The van der Waals surface area contributed by atoms with Crippen molar-refractivity contribution in [2.75, 3.05) is 0 Å². The molecule has 0 unspecified atom stereocenters. The number of nitrogens with two attached hydrogens (primary N) is 1. The van der Waals surface area contributed by atoms with Gasteiger partial charge in [0.2, 0.25) is 0 Å². The zero-order valence-electron chi connectivity index (χ0n) is 8.06. The second-order valence-electron chi connectivity index (χ2n) is 4.60. The van der Waals surface area contributed by atoms with Gasteiger partial charge in [-0.15, -0.1) is 0 Å². The molecule has 1 radical (unpaired) electrons. The molecule has 0 aliphatic carbocycles. The summed E-state index contributed by atoms with van der Waals surface area (Å²) in [6.45, 7) is 10.7. The van der Waals surface area contributed by atoms with Crippen molar-refractivity contribution in [1.29, 1.82) is 0 Å². The second kappa shape index (κ2) is 3.10. The summed E-state index contributed by atoms with van der Waals surface area (Å²) in [4.78, 5) is 11.0. The summed E-state index contributed by atoms with van der Waals surface area (Å²) in [5.41, 5.74) is 7.45. The molecule has 0 aromatic heterocycles. The molecular weight excluding hydrogens is 170 g/mol. The molecule has 0 saturated carbocycles. The van der Waals surface area contributed by atoms with Gasteiger partial charge in [-0.2, -0.15) is 0 Å². The van der Waals surface area contributed by atoms with Gasteiger partial charge in [-0.3, -0.25) is 4.79 Å². The first kappa shape index (κ1) is 10.9. The van der Waals surface area contributed by atoms with Crippen molar-refractivity contribution in [3.05, 3.63) is 5.67 Å². The molecule has 0 aromatic rings. The minimum Gasteiger partial charge on any atom is -0.374 e. The SMILES string of the molecule is C[Si](C)(C)[CH][Si](C)(C)C(N)=O. The Balaban J connectivity index is 4.25. The summed E-state index contributed by atoms with van der Waals surface area (Å²) >= 11 is 0. The van der Waals surface area contributed by atoms with E-state index < -0.39 is 16.1 Å². The summed E-state index contributed by atoms with van der Waals surface area (Å²) < 4.78 is 0. The first-order valence-corrected chi connectivity index (χ1v) is 10.5. The summed E-state index contributed by atoms with van der Waals surface area (Å²) in [5, 5.41) is 0. The van der Waals surface area contributed by atoms with Crippen LogP contribution in [0.4, 0.5) is 4.79 Å². The van der Waals surface area contributed by atoms with Crippen LogP contribution in [-0.4, -0.2) is 21.7 Å². The number of primary amides is 1. The third kappa shape index (κ3) is 4.37. The van der Waals surface area contributed by atoms with Gasteiger partial charge in [-0.05, 0) is 5.67 Å². The van der Waals surface area contributed by atoms with Gasteiger partial charge in [0.25, 0.3) is 0 Å². The Labute approximate surface area is 71.2 Å². The van der Waals surface area contributed by atoms with E-state index in [1.807, 2.05) is 13.1 Å². The fourth-order valence-corrected chi connectivity index (χ4v) is 10.4. The maximum absolute atomic E-state index is 11.0. The molecule has 0 heterocycles. The van der Waals surface area contributed by atoms with Crippen LogP contribution < -0.4 is 5.73 Å². The molecular formula is C7H18NOSi2. The molecule has 1 amide bonds. The van der Waals surface area contributed by atoms with Gasteiger partial charge in [0.15, 0.2) is 13.6 Å². The van der Waals surface area contributed by atoms with Crippen molar-refractivity contribution in [2.45, 2.75) is 32.7 Å². The number of carbonyl (C=O) groups is 1. The van der Waals surface area contributed by atoms with E-state index in [1.54, 1.807) is 0 Å². The molecule has 0 fully saturated rings. The number of hydrogen-bond donors (Lipinski definition) is 1. The lowest BCUT2D eigenvalue weighted by atomic mass is 11.4. The van der Waals surface area contributed by atoms with Crippen LogP contribution in [-0.2, 0) is 0 Å². The highest BCUT2D eigenvalue weighted by molar-refractivity contribution is 7.15. The zero-order valence-corrected chi connectivity index (χ0v) is 10.1. The average molecular weight is 188 g/mol. The van der Waals surface area contributed by atoms with E-state index in [2.05, 4.69) is 25.3 Å². The van der Waals surface area contributed by atoms with Crippen molar-refractivity contribution in [2.24, 2.45) is 5.73 Å². The molecule has 0 bridgehead atoms. The molecule has 11 heavy (non-hydrogen) atoms. The summed E-state index contributed by atoms with van der Waals surface area (Å²) in [7, 11) is -3.06. The first-order chi connectivity index (χ1) is 4.65. The largest absolute Gasteiger partial charge is 0.374 e. The molecule has 0 atom stereocenters. The maximum atomic E-state index is 11.0. The molecule has 0 rings (SSSR count). The van der Waals surface area contributed by atoms with Crippen LogP contribution in [0.2, 0.25) is 32.7 Å². The topological polar surface area (TPSA) is 43.1 Å². The van der Waals surface area contributed by atoms with E-state index in [9.17, 15) is 4.79 Å². The first-order valence-electron chi connectivity index (χ1n) is 3.82. The Morgan fingerprint density at radius 1 is 1.18 bits per heavy atom. The summed E-state index contributed by atoms with van der Waals surface area (Å²) in [6.07, 6.45) is 0. The Hall–Kier alpha value is -0.0962. The summed E-state index contributed by atoms with van der Waals surface area (Å²) in [6, 6.07) is 0. The van der Waals surface area contributed by atoms with E-state index >= 15 is 0 Å². The molecule has 0 saturated heterocycles. The lowest BCUT2D eigenvalue weighted by Gasteiger charge is -2.25. The Morgan fingerprint density at radius 3 is 1.64 bits per heavy atom. The van der Waals surface area contributed by atoms with Crippen LogP contribution in [0.5, 0.6) is 0 Å². The lowest BCUT2D eigenvalue weighted by Crippen LogP contribution is -2.49. The highest BCUT2D eigenvalue weighted by Crippen LogP contribution is 2.16. The molecule has 0 spiro atoms. The monoisotopic (exact) mass is 188 g/mol. The lowest BCUT2D eigenvalue weighted by molar-refractivity contribution is 0.264. The van der Waals surface area contributed by atoms with Gasteiger partial charge in [0.1, 0.15) is 0 Å². The van der Waals surface area contributed by atoms with E-state index in [4.69, 9.17) is 5.73 Å². The minimum absolute atomic E-state index is 0.0973. The average Bonchev–Trinajstić information content (AvgIpc) is 1.56. The van der Waals surface area contributed by atoms with Crippen LogP contribution in [0.1, 0.15) is 0 Å². The van der Waals surface area contributed by atoms with Crippen molar-refractivity contribution >= 4 is 21.7 Å². The van der Waals surface area contributed by atoms with Crippen LogP contribution in [0.15, 0.2) is 0 Å². The third-order valence-electron chi connectivity index (χ3n) is 1.43. The standard InChI is InChI=1S/C7H18NOSi2/c1-10(2,3)6-11(4,5)7(8)9/h6H,1-5H3,(H2,8,9). The van der Waals surface area contributed by atoms with Crippen LogP contribution in [0, 0.1) is 5.67 Å². The zero-order chi connectivity index (χ0) is 9.28. The quantitative estimate of drug-likeness (QED) is 0.676. The van der Waals surface area contributed by atoms with Crippen molar-refractivity contribution in [3.63, 3.8) is 0 Å². The maximum Gasteiger partial charge on any atom is 0.189 e.